The quantitative estimate of drug-likeness (QED) is 0.718. The molecular formula is C17H16Br2N2O3. The standard InChI is InChI=1S/C17H16Br2N2O3/c1-10-6-13(18)16(14(19)7-10)21-15(22)9-24-12-5-3-4-11(8-12)17(23)20-2/h3-8H,9H2,1-2H3,(H,20,23)(H,21,22). The number of hydrogen-bond donors (Lipinski definition) is 2. The molecule has 0 bridgehead atoms. The number of nitrogens with one attached hydrogen (secondary N) is 2. The van der Waals surface area contributed by atoms with E-state index in [9.17, 15) is 9.59 Å². The maximum atomic E-state index is 12.1. The third-order valence-corrected chi connectivity index (χ3v) is 4.39. The smallest absolute Gasteiger partial charge is 0.262 e. The van der Waals surface area contributed by atoms with Gasteiger partial charge in [0.15, 0.2) is 6.61 Å². The van der Waals surface area contributed by atoms with Crippen molar-refractivity contribution in [2.45, 2.75) is 6.92 Å². The molecule has 0 heterocycles. The molecule has 0 aliphatic rings. The van der Waals surface area contributed by atoms with Crippen molar-refractivity contribution in [1.82, 2.24) is 5.32 Å². The molecule has 2 N–H and O–H groups in total. The molecule has 2 aromatic carbocycles. The summed E-state index contributed by atoms with van der Waals surface area (Å²) >= 11 is 6.85. The number of amides is 2. The minimum Gasteiger partial charge on any atom is -0.484 e. The van der Waals surface area contributed by atoms with Crippen LogP contribution in [-0.2, 0) is 4.79 Å². The fourth-order valence-electron chi connectivity index (χ4n) is 2.02. The van der Waals surface area contributed by atoms with Gasteiger partial charge in [-0.25, -0.2) is 0 Å². The van der Waals surface area contributed by atoms with Crippen molar-refractivity contribution in [2.75, 3.05) is 19.0 Å². The molecule has 0 radical (unpaired) electrons. The highest BCUT2D eigenvalue weighted by Crippen LogP contribution is 2.32. The number of ether oxygens (including phenoxy) is 1. The Morgan fingerprint density at radius 3 is 2.42 bits per heavy atom. The highest BCUT2D eigenvalue weighted by atomic mass is 79.9. The van der Waals surface area contributed by atoms with Crippen molar-refractivity contribution in [1.29, 1.82) is 0 Å². The van der Waals surface area contributed by atoms with Gasteiger partial charge in [0.1, 0.15) is 5.75 Å². The maximum Gasteiger partial charge on any atom is 0.262 e. The summed E-state index contributed by atoms with van der Waals surface area (Å²) in [6, 6.07) is 10.5. The number of carbonyl (C=O) groups is 2. The van der Waals surface area contributed by atoms with E-state index in [0.717, 1.165) is 14.5 Å². The molecule has 0 aliphatic carbocycles. The van der Waals surface area contributed by atoms with Gasteiger partial charge < -0.3 is 15.4 Å². The van der Waals surface area contributed by atoms with Gasteiger partial charge in [0.05, 0.1) is 5.69 Å². The van der Waals surface area contributed by atoms with Crippen LogP contribution in [0.3, 0.4) is 0 Å². The van der Waals surface area contributed by atoms with Crippen LogP contribution in [0.4, 0.5) is 5.69 Å². The van der Waals surface area contributed by atoms with Crippen molar-refractivity contribution in [2.24, 2.45) is 0 Å². The van der Waals surface area contributed by atoms with Gasteiger partial charge in [-0.15, -0.1) is 0 Å². The summed E-state index contributed by atoms with van der Waals surface area (Å²) in [5.74, 6) is -0.0590. The van der Waals surface area contributed by atoms with Gasteiger partial charge in [0.25, 0.3) is 11.8 Å². The summed E-state index contributed by atoms with van der Waals surface area (Å²) < 4.78 is 7.02. The van der Waals surface area contributed by atoms with E-state index in [1.165, 1.54) is 0 Å². The van der Waals surface area contributed by atoms with Crippen molar-refractivity contribution in [3.63, 3.8) is 0 Å². The van der Waals surface area contributed by atoms with Crippen molar-refractivity contribution in [3.8, 4) is 5.75 Å². The van der Waals surface area contributed by atoms with E-state index in [1.54, 1.807) is 31.3 Å². The summed E-state index contributed by atoms with van der Waals surface area (Å²) in [5, 5.41) is 5.33. The number of halogens is 2. The molecule has 0 unspecified atom stereocenters. The van der Waals surface area contributed by atoms with Gasteiger partial charge >= 0.3 is 0 Å². The van der Waals surface area contributed by atoms with Crippen LogP contribution >= 0.6 is 31.9 Å². The highest BCUT2D eigenvalue weighted by molar-refractivity contribution is 9.11. The van der Waals surface area contributed by atoms with Crippen molar-refractivity contribution >= 4 is 49.4 Å². The molecule has 0 atom stereocenters. The highest BCUT2D eigenvalue weighted by Gasteiger charge is 2.11. The molecule has 7 heteroatoms. The summed E-state index contributed by atoms with van der Waals surface area (Å²) in [5.41, 5.74) is 2.18. The van der Waals surface area contributed by atoms with Crippen molar-refractivity contribution in [3.05, 3.63) is 56.5 Å². The molecule has 0 aliphatic heterocycles. The van der Waals surface area contributed by atoms with Gasteiger partial charge in [0, 0.05) is 21.6 Å². The maximum absolute atomic E-state index is 12.1. The minimum absolute atomic E-state index is 0.163. The average molecular weight is 456 g/mol. The Morgan fingerprint density at radius 1 is 1.12 bits per heavy atom. The van der Waals surface area contributed by atoms with Gasteiger partial charge in [-0.2, -0.15) is 0 Å². The predicted octanol–water partition coefficient (Wildman–Crippen LogP) is 3.90. The number of anilines is 1. The lowest BCUT2D eigenvalue weighted by Crippen LogP contribution is -2.21. The Kier molecular flexibility index (Phi) is 6.39. The summed E-state index contributed by atoms with van der Waals surface area (Å²) in [6.45, 7) is 1.80. The van der Waals surface area contributed by atoms with E-state index in [-0.39, 0.29) is 18.4 Å². The van der Waals surface area contributed by atoms with Crippen LogP contribution in [0.2, 0.25) is 0 Å². The van der Waals surface area contributed by atoms with E-state index in [0.29, 0.717) is 17.0 Å². The van der Waals surface area contributed by atoms with Crippen LogP contribution in [0.15, 0.2) is 45.3 Å². The zero-order valence-electron chi connectivity index (χ0n) is 13.2. The SMILES string of the molecule is CNC(=O)c1cccc(OCC(=O)Nc2c(Br)cc(C)cc2Br)c1. The molecule has 126 valence electrons. The Labute approximate surface area is 157 Å². The number of hydrogen-bond acceptors (Lipinski definition) is 3. The summed E-state index contributed by atoms with van der Waals surface area (Å²) in [6.07, 6.45) is 0. The third-order valence-electron chi connectivity index (χ3n) is 3.14. The van der Waals surface area contributed by atoms with E-state index in [4.69, 9.17) is 4.74 Å². The lowest BCUT2D eigenvalue weighted by atomic mass is 10.2. The second kappa shape index (κ2) is 8.30. The van der Waals surface area contributed by atoms with E-state index >= 15 is 0 Å². The van der Waals surface area contributed by atoms with E-state index in [1.807, 2.05) is 19.1 Å². The van der Waals surface area contributed by atoms with Crippen LogP contribution in [-0.4, -0.2) is 25.5 Å². The Balaban J connectivity index is 2.00. The zero-order chi connectivity index (χ0) is 17.7. The van der Waals surface area contributed by atoms with Crippen LogP contribution < -0.4 is 15.4 Å². The topological polar surface area (TPSA) is 67.4 Å². The normalized spacial score (nSPS) is 10.2. The lowest BCUT2D eigenvalue weighted by molar-refractivity contribution is -0.118. The minimum atomic E-state index is -0.300. The number of rotatable bonds is 5. The van der Waals surface area contributed by atoms with Gasteiger partial charge in [0.2, 0.25) is 0 Å². The fourth-order valence-corrected chi connectivity index (χ4v) is 3.63. The van der Waals surface area contributed by atoms with Gasteiger partial charge in [-0.05, 0) is 74.7 Å². The molecule has 2 amide bonds. The molecule has 2 rings (SSSR count). The molecule has 0 saturated carbocycles. The molecule has 0 aromatic heterocycles. The third kappa shape index (κ3) is 4.82. The number of benzene rings is 2. The van der Waals surface area contributed by atoms with Crippen LogP contribution in [0, 0.1) is 6.92 Å². The first-order valence-electron chi connectivity index (χ1n) is 7.11. The van der Waals surface area contributed by atoms with E-state index in [2.05, 4.69) is 42.5 Å². The molecule has 0 saturated heterocycles. The monoisotopic (exact) mass is 454 g/mol. The second-order valence-electron chi connectivity index (χ2n) is 5.05. The Morgan fingerprint density at radius 2 is 1.79 bits per heavy atom. The molecular weight excluding hydrogens is 440 g/mol. The zero-order valence-corrected chi connectivity index (χ0v) is 16.3. The molecule has 24 heavy (non-hydrogen) atoms. The summed E-state index contributed by atoms with van der Waals surface area (Å²) in [7, 11) is 1.56. The molecule has 0 spiro atoms. The summed E-state index contributed by atoms with van der Waals surface area (Å²) in [4.78, 5) is 23.7. The van der Waals surface area contributed by atoms with Crippen LogP contribution in [0.5, 0.6) is 5.75 Å². The Hall–Kier alpha value is -1.86. The van der Waals surface area contributed by atoms with E-state index < -0.39 is 0 Å². The first kappa shape index (κ1) is 18.5. The molecule has 2 aromatic rings. The average Bonchev–Trinajstić information content (AvgIpc) is 2.55. The number of aryl methyl sites for hydroxylation is 1. The molecule has 0 fully saturated rings. The second-order valence-corrected chi connectivity index (χ2v) is 6.76. The van der Waals surface area contributed by atoms with Crippen molar-refractivity contribution < 1.29 is 14.3 Å². The Bertz CT molecular complexity index is 755. The number of carbonyl (C=O) groups excluding carboxylic acids is 2. The first-order chi connectivity index (χ1) is 11.4. The van der Waals surface area contributed by atoms with Crippen LogP contribution in [0.25, 0.3) is 0 Å². The lowest BCUT2D eigenvalue weighted by Gasteiger charge is -2.12. The van der Waals surface area contributed by atoms with Gasteiger partial charge in [-0.1, -0.05) is 6.07 Å². The molecule has 5 nitrogen and oxygen atoms in total. The largest absolute Gasteiger partial charge is 0.484 e. The fraction of sp³-hybridized carbons (Fsp3) is 0.176. The van der Waals surface area contributed by atoms with Crippen LogP contribution in [0.1, 0.15) is 15.9 Å². The predicted molar refractivity (Wildman–Crippen MR) is 101 cm³/mol. The van der Waals surface area contributed by atoms with Gasteiger partial charge in [-0.3, -0.25) is 9.59 Å². The first-order valence-corrected chi connectivity index (χ1v) is 8.69.